The van der Waals surface area contributed by atoms with E-state index in [0.29, 0.717) is 12.1 Å². The standard InChI is InChI=1S/C11H14IN3O/c12-8-1-2-11(13-3-8)15-4-9-6-16-7-10(5-15)14-9/h1-3,9-10,14H,4-7H2. The lowest BCUT2D eigenvalue weighted by Gasteiger charge is -2.42. The molecule has 0 aliphatic carbocycles. The predicted molar refractivity (Wildman–Crippen MR) is 70.7 cm³/mol. The molecular formula is C11H14IN3O. The summed E-state index contributed by atoms with van der Waals surface area (Å²) in [6.45, 7) is 3.61. The third-order valence-corrected chi connectivity index (χ3v) is 3.66. The van der Waals surface area contributed by atoms with E-state index in [0.717, 1.165) is 32.1 Å². The van der Waals surface area contributed by atoms with Crippen LogP contribution < -0.4 is 10.2 Å². The number of morpholine rings is 1. The van der Waals surface area contributed by atoms with E-state index in [-0.39, 0.29) is 0 Å². The number of halogens is 1. The number of ether oxygens (including phenoxy) is 1. The second kappa shape index (κ2) is 4.46. The van der Waals surface area contributed by atoms with E-state index in [4.69, 9.17) is 4.74 Å². The van der Waals surface area contributed by atoms with E-state index in [1.165, 1.54) is 3.57 Å². The van der Waals surface area contributed by atoms with Gasteiger partial charge in [-0.2, -0.15) is 0 Å². The molecule has 0 aromatic carbocycles. The maximum Gasteiger partial charge on any atom is 0.128 e. The zero-order chi connectivity index (χ0) is 11.0. The Hall–Kier alpha value is -0.400. The van der Waals surface area contributed by atoms with Gasteiger partial charge in [-0.1, -0.05) is 0 Å². The summed E-state index contributed by atoms with van der Waals surface area (Å²) in [5, 5.41) is 3.57. The van der Waals surface area contributed by atoms with Crippen LogP contribution in [0.5, 0.6) is 0 Å². The molecule has 4 nitrogen and oxygen atoms in total. The quantitative estimate of drug-likeness (QED) is 0.775. The third kappa shape index (κ3) is 2.16. The fraction of sp³-hybridized carbons (Fsp3) is 0.545. The Kier molecular flexibility index (Phi) is 2.99. The molecule has 16 heavy (non-hydrogen) atoms. The van der Waals surface area contributed by atoms with Crippen molar-refractivity contribution in [2.75, 3.05) is 31.2 Å². The molecule has 1 aromatic rings. The Morgan fingerprint density at radius 1 is 1.31 bits per heavy atom. The summed E-state index contributed by atoms with van der Waals surface area (Å²) in [7, 11) is 0. The number of nitrogens with one attached hydrogen (secondary N) is 1. The summed E-state index contributed by atoms with van der Waals surface area (Å²) in [5.41, 5.74) is 0. The van der Waals surface area contributed by atoms with Crippen molar-refractivity contribution in [3.8, 4) is 0 Å². The first-order valence-electron chi connectivity index (χ1n) is 5.51. The summed E-state index contributed by atoms with van der Waals surface area (Å²) >= 11 is 2.28. The Morgan fingerprint density at radius 3 is 2.69 bits per heavy atom. The second-order valence-electron chi connectivity index (χ2n) is 4.34. The Morgan fingerprint density at radius 2 is 2.06 bits per heavy atom. The monoisotopic (exact) mass is 331 g/mol. The summed E-state index contributed by atoms with van der Waals surface area (Å²) in [4.78, 5) is 6.83. The molecule has 2 aliphatic heterocycles. The molecule has 3 rings (SSSR count). The first kappa shape index (κ1) is 10.7. The van der Waals surface area contributed by atoms with Gasteiger partial charge in [-0.25, -0.2) is 4.98 Å². The number of fused-ring (bicyclic) bond motifs is 2. The number of nitrogens with zero attached hydrogens (tertiary/aromatic N) is 2. The van der Waals surface area contributed by atoms with Crippen LogP contribution in [0.1, 0.15) is 0 Å². The highest BCUT2D eigenvalue weighted by molar-refractivity contribution is 14.1. The Bertz CT molecular complexity index is 358. The molecule has 0 spiro atoms. The van der Waals surface area contributed by atoms with E-state index in [1.807, 2.05) is 6.20 Å². The molecule has 5 heteroatoms. The molecule has 0 saturated carbocycles. The zero-order valence-electron chi connectivity index (χ0n) is 8.90. The molecular weight excluding hydrogens is 317 g/mol. The maximum absolute atomic E-state index is 5.53. The Labute approximate surface area is 109 Å². The zero-order valence-corrected chi connectivity index (χ0v) is 11.1. The van der Waals surface area contributed by atoms with Crippen LogP contribution in [-0.4, -0.2) is 43.4 Å². The van der Waals surface area contributed by atoms with Gasteiger partial charge in [0, 0.05) is 34.9 Å². The average molecular weight is 331 g/mol. The van der Waals surface area contributed by atoms with Crippen LogP contribution in [0.15, 0.2) is 18.3 Å². The number of piperazine rings is 1. The normalized spacial score (nSPS) is 29.2. The van der Waals surface area contributed by atoms with Crippen LogP contribution in [0.2, 0.25) is 0 Å². The van der Waals surface area contributed by atoms with Crippen molar-refractivity contribution in [3.63, 3.8) is 0 Å². The van der Waals surface area contributed by atoms with Gasteiger partial charge in [0.05, 0.1) is 13.2 Å². The molecule has 2 saturated heterocycles. The minimum atomic E-state index is 0.452. The van der Waals surface area contributed by atoms with E-state index < -0.39 is 0 Å². The fourth-order valence-electron chi connectivity index (χ4n) is 2.34. The van der Waals surface area contributed by atoms with Gasteiger partial charge in [0.25, 0.3) is 0 Å². The van der Waals surface area contributed by atoms with Crippen molar-refractivity contribution in [3.05, 3.63) is 21.9 Å². The highest BCUT2D eigenvalue weighted by Gasteiger charge is 2.30. The lowest BCUT2D eigenvalue weighted by molar-refractivity contribution is 0.0374. The van der Waals surface area contributed by atoms with Crippen LogP contribution >= 0.6 is 22.6 Å². The summed E-state index contributed by atoms with van der Waals surface area (Å²) in [5.74, 6) is 1.08. The molecule has 2 fully saturated rings. The summed E-state index contributed by atoms with van der Waals surface area (Å²) < 4.78 is 6.71. The maximum atomic E-state index is 5.53. The van der Waals surface area contributed by atoms with E-state index in [9.17, 15) is 0 Å². The van der Waals surface area contributed by atoms with E-state index in [1.54, 1.807) is 0 Å². The molecule has 2 bridgehead atoms. The fourth-order valence-corrected chi connectivity index (χ4v) is 2.66. The highest BCUT2D eigenvalue weighted by Crippen LogP contribution is 2.18. The van der Waals surface area contributed by atoms with Gasteiger partial charge >= 0.3 is 0 Å². The van der Waals surface area contributed by atoms with Crippen LogP contribution in [0.25, 0.3) is 0 Å². The van der Waals surface area contributed by atoms with Gasteiger partial charge < -0.3 is 15.0 Å². The topological polar surface area (TPSA) is 37.4 Å². The van der Waals surface area contributed by atoms with Crippen molar-refractivity contribution >= 4 is 28.4 Å². The van der Waals surface area contributed by atoms with Crippen LogP contribution in [0, 0.1) is 3.57 Å². The molecule has 2 unspecified atom stereocenters. The van der Waals surface area contributed by atoms with Gasteiger partial charge in [0.15, 0.2) is 0 Å². The summed E-state index contributed by atoms with van der Waals surface area (Å²) in [6, 6.07) is 5.11. The SMILES string of the molecule is Ic1ccc(N2CC3COCC(C2)N3)nc1. The van der Waals surface area contributed by atoms with Gasteiger partial charge in [0.1, 0.15) is 5.82 Å². The van der Waals surface area contributed by atoms with Gasteiger partial charge in [-0.05, 0) is 34.7 Å². The van der Waals surface area contributed by atoms with Crippen molar-refractivity contribution in [2.24, 2.45) is 0 Å². The van der Waals surface area contributed by atoms with Crippen LogP contribution in [0.3, 0.4) is 0 Å². The van der Waals surface area contributed by atoms with Crippen molar-refractivity contribution in [2.45, 2.75) is 12.1 Å². The molecule has 2 atom stereocenters. The number of aromatic nitrogens is 1. The Balaban J connectivity index is 1.77. The average Bonchev–Trinajstić information content (AvgIpc) is 2.29. The van der Waals surface area contributed by atoms with Gasteiger partial charge in [0.2, 0.25) is 0 Å². The largest absolute Gasteiger partial charge is 0.378 e. The molecule has 86 valence electrons. The molecule has 3 heterocycles. The number of anilines is 1. The van der Waals surface area contributed by atoms with E-state index >= 15 is 0 Å². The van der Waals surface area contributed by atoms with Crippen LogP contribution in [0.4, 0.5) is 5.82 Å². The lowest BCUT2D eigenvalue weighted by Crippen LogP contribution is -2.63. The second-order valence-corrected chi connectivity index (χ2v) is 5.58. The molecule has 1 N–H and O–H groups in total. The number of hydrogen-bond acceptors (Lipinski definition) is 4. The van der Waals surface area contributed by atoms with Gasteiger partial charge in [-0.3, -0.25) is 0 Å². The smallest absolute Gasteiger partial charge is 0.128 e. The summed E-state index contributed by atoms with van der Waals surface area (Å²) in [6.07, 6.45) is 1.92. The highest BCUT2D eigenvalue weighted by atomic mass is 127. The minimum Gasteiger partial charge on any atom is -0.378 e. The van der Waals surface area contributed by atoms with Crippen LogP contribution in [-0.2, 0) is 4.74 Å². The molecule has 2 aliphatic rings. The third-order valence-electron chi connectivity index (χ3n) is 3.03. The number of hydrogen-bond donors (Lipinski definition) is 1. The van der Waals surface area contributed by atoms with E-state index in [2.05, 4.69) is 49.9 Å². The molecule has 0 amide bonds. The van der Waals surface area contributed by atoms with Gasteiger partial charge in [-0.15, -0.1) is 0 Å². The first-order valence-corrected chi connectivity index (χ1v) is 6.59. The molecule has 1 aromatic heterocycles. The number of rotatable bonds is 1. The number of pyridine rings is 1. The minimum absolute atomic E-state index is 0.452. The molecule has 0 radical (unpaired) electrons. The first-order chi connectivity index (χ1) is 7.81. The van der Waals surface area contributed by atoms with Crippen molar-refractivity contribution in [1.29, 1.82) is 0 Å². The predicted octanol–water partition coefficient (Wildman–Crippen LogP) is 0.863. The lowest BCUT2D eigenvalue weighted by atomic mass is 10.1. The van der Waals surface area contributed by atoms with Crippen molar-refractivity contribution in [1.82, 2.24) is 10.3 Å². The van der Waals surface area contributed by atoms with Crippen molar-refractivity contribution < 1.29 is 4.74 Å².